The van der Waals surface area contributed by atoms with Crippen LogP contribution in [0.5, 0.6) is 5.75 Å². The van der Waals surface area contributed by atoms with Crippen LogP contribution in [0, 0.1) is 0 Å². The zero-order valence-corrected chi connectivity index (χ0v) is 20.0. The van der Waals surface area contributed by atoms with Gasteiger partial charge in [0.2, 0.25) is 5.91 Å². The van der Waals surface area contributed by atoms with Crippen molar-refractivity contribution in [3.63, 3.8) is 0 Å². The van der Waals surface area contributed by atoms with Crippen LogP contribution in [-0.4, -0.2) is 90.1 Å². The molecule has 0 saturated carbocycles. The molecule has 0 aliphatic carbocycles. The second-order valence-corrected chi connectivity index (χ2v) is 9.58. The van der Waals surface area contributed by atoms with Gasteiger partial charge in [0.25, 0.3) is 0 Å². The summed E-state index contributed by atoms with van der Waals surface area (Å²) < 4.78 is 6.48. The van der Waals surface area contributed by atoms with Crippen LogP contribution in [0.15, 0.2) is 18.5 Å². The van der Waals surface area contributed by atoms with Gasteiger partial charge in [0, 0.05) is 50.7 Å². The fourth-order valence-corrected chi connectivity index (χ4v) is 5.23. The molecule has 33 heavy (non-hydrogen) atoms. The van der Waals surface area contributed by atoms with Crippen molar-refractivity contribution in [2.75, 3.05) is 52.4 Å². The maximum absolute atomic E-state index is 12.6. The van der Waals surface area contributed by atoms with Crippen molar-refractivity contribution in [2.24, 2.45) is 0 Å². The third kappa shape index (κ3) is 6.37. The number of nitrogens with one attached hydrogen (secondary N) is 1. The number of likely N-dealkylation sites (tertiary alicyclic amines) is 3. The van der Waals surface area contributed by atoms with Gasteiger partial charge >= 0.3 is 6.03 Å². The van der Waals surface area contributed by atoms with Gasteiger partial charge in [-0.1, -0.05) is 6.92 Å². The Kier molecular flexibility index (Phi) is 8.42. The Hall–Kier alpha value is -2.35. The number of nitrogens with zero attached hydrogens (tertiary/aromatic N) is 4. The van der Waals surface area contributed by atoms with Crippen LogP contribution in [0.3, 0.4) is 0 Å². The highest BCUT2D eigenvalue weighted by atomic mass is 16.5. The van der Waals surface area contributed by atoms with Crippen molar-refractivity contribution in [1.82, 2.24) is 25.0 Å². The van der Waals surface area contributed by atoms with E-state index < -0.39 is 0 Å². The molecule has 3 aliphatic heterocycles. The molecular weight excluding hydrogens is 418 g/mol. The first-order chi connectivity index (χ1) is 16.1. The van der Waals surface area contributed by atoms with E-state index in [1.165, 1.54) is 25.9 Å². The molecule has 1 aromatic rings. The largest absolute Gasteiger partial charge is 0.489 e. The molecule has 1 aromatic heterocycles. The van der Waals surface area contributed by atoms with E-state index in [1.54, 1.807) is 4.90 Å². The molecule has 1 N–H and O–H groups in total. The second-order valence-electron chi connectivity index (χ2n) is 9.58. The average Bonchev–Trinajstić information content (AvgIpc) is 3.57. The molecule has 4 heterocycles. The minimum absolute atomic E-state index is 0.000294. The van der Waals surface area contributed by atoms with Crippen LogP contribution in [0.2, 0.25) is 0 Å². The van der Waals surface area contributed by atoms with Crippen LogP contribution >= 0.6 is 0 Å². The van der Waals surface area contributed by atoms with Crippen molar-refractivity contribution < 1.29 is 14.3 Å². The summed E-state index contributed by atoms with van der Waals surface area (Å²) >= 11 is 0. The van der Waals surface area contributed by atoms with Gasteiger partial charge in [0.15, 0.2) is 0 Å². The number of hydrogen-bond donors (Lipinski definition) is 1. The maximum atomic E-state index is 12.6. The van der Waals surface area contributed by atoms with E-state index in [0.29, 0.717) is 19.0 Å². The van der Waals surface area contributed by atoms with Crippen molar-refractivity contribution >= 4 is 11.9 Å². The summed E-state index contributed by atoms with van der Waals surface area (Å²) in [7, 11) is 0. The summed E-state index contributed by atoms with van der Waals surface area (Å²) in [6.07, 6.45) is 11.4. The monoisotopic (exact) mass is 457 g/mol. The van der Waals surface area contributed by atoms with E-state index in [0.717, 1.165) is 63.1 Å². The minimum atomic E-state index is -0.118. The van der Waals surface area contributed by atoms with E-state index in [1.807, 2.05) is 23.4 Å². The van der Waals surface area contributed by atoms with Crippen LogP contribution < -0.4 is 10.1 Å². The highest BCUT2D eigenvalue weighted by Crippen LogP contribution is 2.34. The lowest BCUT2D eigenvalue weighted by atomic mass is 9.89. The first kappa shape index (κ1) is 23.8. The number of urea groups is 1. The Morgan fingerprint density at radius 2 is 1.76 bits per heavy atom. The van der Waals surface area contributed by atoms with Gasteiger partial charge in [-0.25, -0.2) is 4.79 Å². The highest BCUT2D eigenvalue weighted by Gasteiger charge is 2.27. The topological polar surface area (TPSA) is 78.0 Å². The summed E-state index contributed by atoms with van der Waals surface area (Å²) in [6.45, 7) is 8.57. The molecule has 0 radical (unpaired) electrons. The van der Waals surface area contributed by atoms with Crippen molar-refractivity contribution in [3.05, 3.63) is 24.0 Å². The van der Waals surface area contributed by atoms with Gasteiger partial charge in [-0.15, -0.1) is 0 Å². The molecule has 3 saturated heterocycles. The van der Waals surface area contributed by atoms with Gasteiger partial charge in [-0.2, -0.15) is 0 Å². The van der Waals surface area contributed by atoms with Crippen molar-refractivity contribution in [2.45, 2.75) is 63.9 Å². The Labute approximate surface area is 197 Å². The molecule has 182 valence electrons. The molecule has 1 unspecified atom stereocenters. The first-order valence-electron chi connectivity index (χ1n) is 12.8. The van der Waals surface area contributed by atoms with E-state index in [2.05, 4.69) is 22.1 Å². The van der Waals surface area contributed by atoms with Gasteiger partial charge in [-0.3, -0.25) is 14.7 Å². The number of piperidine rings is 1. The van der Waals surface area contributed by atoms with Crippen LogP contribution in [-0.2, 0) is 4.79 Å². The van der Waals surface area contributed by atoms with Crippen LogP contribution in [0.25, 0.3) is 0 Å². The van der Waals surface area contributed by atoms with Crippen LogP contribution in [0.1, 0.15) is 63.4 Å². The number of rotatable bonds is 8. The lowest BCUT2D eigenvalue weighted by molar-refractivity contribution is -0.131. The lowest BCUT2D eigenvalue weighted by Gasteiger charge is -2.33. The van der Waals surface area contributed by atoms with E-state index >= 15 is 0 Å². The molecule has 0 spiro atoms. The Bertz CT molecular complexity index is 784. The van der Waals surface area contributed by atoms with Crippen molar-refractivity contribution in [1.29, 1.82) is 0 Å². The molecule has 8 nitrogen and oxygen atoms in total. The second kappa shape index (κ2) is 11.7. The zero-order valence-electron chi connectivity index (χ0n) is 20.0. The SMILES string of the molecule is CCC(CN1CCCC1)Oc1ccncc1C1CCN(C(=O)CNC(=O)N2CCCC2)CC1. The van der Waals surface area contributed by atoms with Crippen molar-refractivity contribution in [3.8, 4) is 5.75 Å². The number of amides is 3. The quantitative estimate of drug-likeness (QED) is 0.650. The Morgan fingerprint density at radius 1 is 1.06 bits per heavy atom. The number of hydrogen-bond acceptors (Lipinski definition) is 5. The third-order valence-corrected chi connectivity index (χ3v) is 7.29. The molecule has 3 aliphatic rings. The maximum Gasteiger partial charge on any atom is 0.317 e. The molecule has 3 amide bonds. The summed E-state index contributed by atoms with van der Waals surface area (Å²) in [4.78, 5) is 35.3. The third-order valence-electron chi connectivity index (χ3n) is 7.29. The standard InChI is InChI=1S/C25H39N5O3/c1-2-21(19-28-11-3-4-12-28)33-23-7-10-26-17-22(23)20-8-15-29(16-9-20)24(31)18-27-25(32)30-13-5-6-14-30/h7,10,17,20-21H,2-6,8-9,11-16,18-19H2,1H3,(H,27,32). The zero-order chi connectivity index (χ0) is 23.0. The van der Waals surface area contributed by atoms with Gasteiger partial charge < -0.3 is 19.9 Å². The summed E-state index contributed by atoms with van der Waals surface area (Å²) in [6, 6.07) is 1.88. The average molecular weight is 458 g/mol. The smallest absolute Gasteiger partial charge is 0.317 e. The molecule has 1 atom stereocenters. The Morgan fingerprint density at radius 3 is 2.45 bits per heavy atom. The first-order valence-corrected chi connectivity index (χ1v) is 12.8. The predicted octanol–water partition coefficient (Wildman–Crippen LogP) is 2.85. The molecule has 0 aromatic carbocycles. The lowest BCUT2D eigenvalue weighted by Crippen LogP contribution is -2.46. The molecule has 0 bridgehead atoms. The molecule has 8 heteroatoms. The fraction of sp³-hybridized carbons (Fsp3) is 0.720. The molecule has 4 rings (SSSR count). The summed E-state index contributed by atoms with van der Waals surface area (Å²) in [5, 5.41) is 2.79. The molecule has 3 fully saturated rings. The van der Waals surface area contributed by atoms with E-state index in [4.69, 9.17) is 4.74 Å². The van der Waals surface area contributed by atoms with Gasteiger partial charge in [0.1, 0.15) is 11.9 Å². The number of carbonyl (C=O) groups excluding carboxylic acids is 2. The van der Waals surface area contributed by atoms with Crippen LogP contribution in [0.4, 0.5) is 4.79 Å². The predicted molar refractivity (Wildman–Crippen MR) is 127 cm³/mol. The number of pyridine rings is 1. The number of aromatic nitrogens is 1. The van der Waals surface area contributed by atoms with Gasteiger partial charge in [0.05, 0.1) is 6.54 Å². The van der Waals surface area contributed by atoms with Gasteiger partial charge in [-0.05, 0) is 70.0 Å². The van der Waals surface area contributed by atoms with E-state index in [9.17, 15) is 9.59 Å². The minimum Gasteiger partial charge on any atom is -0.489 e. The number of carbonyl (C=O) groups is 2. The fourth-order valence-electron chi connectivity index (χ4n) is 5.23. The molecular formula is C25H39N5O3. The number of ether oxygens (including phenoxy) is 1. The van der Waals surface area contributed by atoms with E-state index in [-0.39, 0.29) is 24.6 Å². The highest BCUT2D eigenvalue weighted by molar-refractivity contribution is 5.84. The normalized spacial score (nSPS) is 20.8. The summed E-state index contributed by atoms with van der Waals surface area (Å²) in [5.41, 5.74) is 1.16. The summed E-state index contributed by atoms with van der Waals surface area (Å²) in [5.74, 6) is 1.28. The Balaban J connectivity index is 1.27.